The summed E-state index contributed by atoms with van der Waals surface area (Å²) in [6, 6.07) is 0. The molecule has 1 aliphatic heterocycles. The van der Waals surface area contributed by atoms with Crippen molar-refractivity contribution in [3.8, 4) is 0 Å². The molecule has 0 bridgehead atoms. The van der Waals surface area contributed by atoms with Crippen LogP contribution in [0, 0.1) is 0 Å². The Hall–Kier alpha value is -0.885. The van der Waals surface area contributed by atoms with E-state index in [9.17, 15) is 17.3 Å². The summed E-state index contributed by atoms with van der Waals surface area (Å²) in [6.07, 6.45) is 6.84. The Balaban J connectivity index is 0.000000336. The summed E-state index contributed by atoms with van der Waals surface area (Å²) in [5.41, 5.74) is 0. The molecule has 1 N–H and O–H groups in total. The van der Waals surface area contributed by atoms with Crippen molar-refractivity contribution in [2.75, 3.05) is 7.11 Å². The molecule has 0 aromatic carbocycles. The fraction of sp³-hybridized carbons (Fsp3) is 0.571. The average molecular weight is 228 g/mol. The van der Waals surface area contributed by atoms with Gasteiger partial charge in [0.25, 0.3) is 0 Å². The Kier molecular flexibility index (Phi) is 6.18. The van der Waals surface area contributed by atoms with E-state index in [-0.39, 0.29) is 6.23 Å². The van der Waals surface area contributed by atoms with Crippen LogP contribution < -0.4 is 4.90 Å². The van der Waals surface area contributed by atoms with Gasteiger partial charge in [-0.15, -0.1) is 0 Å². The predicted molar refractivity (Wildman–Crippen MR) is 49.9 cm³/mol. The summed E-state index contributed by atoms with van der Waals surface area (Å²) in [5.74, 6) is 0. The average Bonchev–Trinajstić information content (AvgIpc) is 2.56. The summed E-state index contributed by atoms with van der Waals surface area (Å²) >= 11 is 0. The maximum atomic E-state index is 9.75. The molecule has 0 saturated carbocycles. The molecule has 0 amide bonds. The predicted octanol–water partition coefficient (Wildman–Crippen LogP) is 1.07. The monoisotopic (exact) mass is 228 g/mol. The number of quaternary nitrogens is 1. The molecule has 88 valence electrons. The third kappa shape index (κ3) is 8.13. The van der Waals surface area contributed by atoms with Crippen molar-refractivity contribution in [1.82, 2.24) is 0 Å². The van der Waals surface area contributed by atoms with Crippen LogP contribution in [0.2, 0.25) is 0 Å². The van der Waals surface area contributed by atoms with Gasteiger partial charge in [-0.2, -0.15) is 0 Å². The van der Waals surface area contributed by atoms with Crippen molar-refractivity contribution < 1.29 is 26.9 Å². The number of nitrogens with one attached hydrogen (secondary N) is 1. The van der Waals surface area contributed by atoms with E-state index >= 15 is 0 Å². The minimum absolute atomic E-state index is 0.225. The minimum Gasteiger partial charge on any atom is -0.418 e. The number of hydrogen-bond acceptors (Lipinski definition) is 2. The van der Waals surface area contributed by atoms with Gasteiger partial charge in [0.05, 0.1) is 6.20 Å². The lowest BCUT2D eigenvalue weighted by Gasteiger charge is -2.15. The molecule has 2 atom stereocenters. The SMILES string of the molecule is CCC(OC)[NH+]1C=CN=C1.F[B-](F)(F)F. The number of ether oxygens (including phenoxy) is 1. The Morgan fingerprint density at radius 2 is 1.93 bits per heavy atom. The molecule has 1 aliphatic rings. The molecule has 1 rings (SSSR count). The van der Waals surface area contributed by atoms with Crippen molar-refractivity contribution in [2.24, 2.45) is 4.99 Å². The van der Waals surface area contributed by atoms with E-state index in [2.05, 4.69) is 11.9 Å². The number of nitrogens with zero attached hydrogens (tertiary/aromatic N) is 1. The van der Waals surface area contributed by atoms with E-state index in [0.717, 1.165) is 6.42 Å². The van der Waals surface area contributed by atoms with Gasteiger partial charge in [0, 0.05) is 13.5 Å². The molecule has 0 aromatic rings. The van der Waals surface area contributed by atoms with Crippen molar-refractivity contribution in [3.63, 3.8) is 0 Å². The Bertz CT molecular complexity index is 210. The highest BCUT2D eigenvalue weighted by molar-refractivity contribution is 6.50. The molecule has 1 heterocycles. The van der Waals surface area contributed by atoms with Gasteiger partial charge in [-0.1, -0.05) is 6.92 Å². The van der Waals surface area contributed by atoms with Gasteiger partial charge in [-0.3, -0.25) is 0 Å². The summed E-state index contributed by atoms with van der Waals surface area (Å²) in [7, 11) is -4.28. The van der Waals surface area contributed by atoms with Gasteiger partial charge in [0.1, 0.15) is 6.20 Å². The first kappa shape index (κ1) is 14.1. The first-order valence-electron chi connectivity index (χ1n) is 4.35. The van der Waals surface area contributed by atoms with Crippen LogP contribution in [0.3, 0.4) is 0 Å². The van der Waals surface area contributed by atoms with Crippen LogP contribution in [0.1, 0.15) is 13.3 Å². The standard InChI is InChI=1S/C7H12N2O.BF4/c1-3-7(10-2)9-5-4-8-6-9;2-1(3,4)5/h4-7H,3H2,1-2H3;/q;-1/p+1. The van der Waals surface area contributed by atoms with E-state index in [1.807, 2.05) is 12.5 Å². The molecule has 0 saturated heterocycles. The topological polar surface area (TPSA) is 26.0 Å². The molecular formula is C7H13BF4N2O. The lowest BCUT2D eigenvalue weighted by Crippen LogP contribution is -3.10. The molecule has 0 radical (unpaired) electrons. The van der Waals surface area contributed by atoms with Crippen molar-refractivity contribution >= 4 is 13.6 Å². The Morgan fingerprint density at radius 3 is 2.20 bits per heavy atom. The van der Waals surface area contributed by atoms with Crippen LogP contribution >= 0.6 is 0 Å². The van der Waals surface area contributed by atoms with Crippen molar-refractivity contribution in [2.45, 2.75) is 19.6 Å². The largest absolute Gasteiger partial charge is 0.673 e. The molecule has 0 aromatic heterocycles. The summed E-state index contributed by atoms with van der Waals surface area (Å²) in [4.78, 5) is 5.13. The van der Waals surface area contributed by atoms with E-state index in [0.29, 0.717) is 0 Å². The van der Waals surface area contributed by atoms with Crippen LogP contribution in [-0.4, -0.2) is 26.9 Å². The lowest BCUT2D eigenvalue weighted by molar-refractivity contribution is -0.800. The smallest absolute Gasteiger partial charge is 0.418 e. The van der Waals surface area contributed by atoms with Crippen molar-refractivity contribution in [1.29, 1.82) is 0 Å². The van der Waals surface area contributed by atoms with Crippen LogP contribution in [-0.2, 0) is 4.74 Å². The summed E-state index contributed by atoms with van der Waals surface area (Å²) in [5, 5.41) is 0. The molecule has 8 heteroatoms. The van der Waals surface area contributed by atoms with Crippen LogP contribution in [0.15, 0.2) is 17.4 Å². The second kappa shape index (κ2) is 6.57. The second-order valence-electron chi connectivity index (χ2n) is 2.72. The fourth-order valence-electron chi connectivity index (χ4n) is 1.03. The van der Waals surface area contributed by atoms with Crippen LogP contribution in [0.25, 0.3) is 0 Å². The zero-order valence-corrected chi connectivity index (χ0v) is 8.46. The zero-order valence-electron chi connectivity index (χ0n) is 8.46. The third-order valence-corrected chi connectivity index (χ3v) is 1.60. The Morgan fingerprint density at radius 1 is 1.40 bits per heavy atom. The normalized spacial score (nSPS) is 21.1. The molecule has 0 spiro atoms. The minimum atomic E-state index is -6.00. The Labute approximate surface area is 85.5 Å². The second-order valence-corrected chi connectivity index (χ2v) is 2.72. The number of hydrogen-bond donors (Lipinski definition) is 1. The van der Waals surface area contributed by atoms with Gasteiger partial charge in [0.15, 0.2) is 6.34 Å². The highest BCUT2D eigenvalue weighted by Gasteiger charge is 2.20. The number of methoxy groups -OCH3 is 1. The van der Waals surface area contributed by atoms with Gasteiger partial charge >= 0.3 is 7.25 Å². The maximum absolute atomic E-state index is 9.75. The number of halogens is 4. The highest BCUT2D eigenvalue weighted by Crippen LogP contribution is 2.06. The van der Waals surface area contributed by atoms with Gasteiger partial charge in [-0.05, 0) is 0 Å². The molecule has 2 unspecified atom stereocenters. The molecule has 15 heavy (non-hydrogen) atoms. The van der Waals surface area contributed by atoms with Crippen molar-refractivity contribution in [3.05, 3.63) is 12.4 Å². The number of rotatable bonds is 3. The summed E-state index contributed by atoms with van der Waals surface area (Å²) < 4.78 is 44.2. The van der Waals surface area contributed by atoms with Crippen LogP contribution in [0.4, 0.5) is 17.3 Å². The molecule has 3 nitrogen and oxygen atoms in total. The van der Waals surface area contributed by atoms with E-state index in [1.54, 1.807) is 13.3 Å². The first-order valence-corrected chi connectivity index (χ1v) is 4.35. The van der Waals surface area contributed by atoms with Gasteiger partial charge < -0.3 is 22.0 Å². The highest BCUT2D eigenvalue weighted by atomic mass is 19.5. The van der Waals surface area contributed by atoms with E-state index < -0.39 is 7.25 Å². The molecule has 0 aliphatic carbocycles. The maximum Gasteiger partial charge on any atom is 0.673 e. The summed E-state index contributed by atoms with van der Waals surface area (Å²) in [6.45, 7) is 2.10. The zero-order chi connectivity index (χ0) is 11.9. The third-order valence-electron chi connectivity index (χ3n) is 1.60. The van der Waals surface area contributed by atoms with E-state index in [4.69, 9.17) is 4.74 Å². The van der Waals surface area contributed by atoms with Gasteiger partial charge in [0.2, 0.25) is 6.23 Å². The molecule has 0 fully saturated rings. The van der Waals surface area contributed by atoms with Gasteiger partial charge in [-0.25, -0.2) is 9.89 Å². The number of aliphatic imine (C=N–C) groups is 1. The molecular weight excluding hydrogens is 215 g/mol. The quantitative estimate of drug-likeness (QED) is 0.567. The lowest BCUT2D eigenvalue weighted by atomic mass is 10.3. The fourth-order valence-corrected chi connectivity index (χ4v) is 1.03. The van der Waals surface area contributed by atoms with Crippen LogP contribution in [0.5, 0.6) is 0 Å². The first-order chi connectivity index (χ1) is 6.88. The van der Waals surface area contributed by atoms with E-state index in [1.165, 1.54) is 4.90 Å².